The van der Waals surface area contributed by atoms with Crippen LogP contribution in [0.5, 0.6) is 0 Å². The molecule has 3 rings (SSSR count). The Morgan fingerprint density at radius 1 is 1.29 bits per heavy atom. The molecule has 0 aromatic carbocycles. The van der Waals surface area contributed by atoms with Crippen molar-refractivity contribution in [1.82, 2.24) is 9.29 Å². The van der Waals surface area contributed by atoms with Gasteiger partial charge in [-0.15, -0.1) is 0 Å². The van der Waals surface area contributed by atoms with Crippen LogP contribution >= 0.6 is 0 Å². The van der Waals surface area contributed by atoms with Crippen molar-refractivity contribution in [3.63, 3.8) is 0 Å². The van der Waals surface area contributed by atoms with E-state index in [1.54, 1.807) is 10.5 Å². The molecule has 0 radical (unpaired) electrons. The maximum Gasteiger partial charge on any atom is 0.214 e. The Morgan fingerprint density at radius 3 is 2.75 bits per heavy atom. The van der Waals surface area contributed by atoms with Gasteiger partial charge in [-0.25, -0.2) is 12.7 Å². The Kier molecular flexibility index (Phi) is 5.42. The summed E-state index contributed by atoms with van der Waals surface area (Å²) in [5.74, 6) is 0.248. The third-order valence-electron chi connectivity index (χ3n) is 5.09. The molecule has 0 aliphatic carbocycles. The average Bonchev–Trinajstić information content (AvgIpc) is 2.79. The molecular formula is C17H27N3O3S. The summed E-state index contributed by atoms with van der Waals surface area (Å²) in [5.41, 5.74) is 1.15. The van der Waals surface area contributed by atoms with Crippen molar-refractivity contribution in [3.8, 4) is 0 Å². The smallest absolute Gasteiger partial charge is 0.214 e. The lowest BCUT2D eigenvalue weighted by Crippen LogP contribution is -2.49. The molecule has 24 heavy (non-hydrogen) atoms. The van der Waals surface area contributed by atoms with Gasteiger partial charge >= 0.3 is 0 Å². The maximum atomic E-state index is 12.3. The van der Waals surface area contributed by atoms with Crippen molar-refractivity contribution in [2.24, 2.45) is 5.41 Å². The zero-order valence-corrected chi connectivity index (χ0v) is 15.2. The molecule has 2 saturated heterocycles. The van der Waals surface area contributed by atoms with E-state index < -0.39 is 10.0 Å². The normalized spacial score (nSPS) is 22.5. The summed E-state index contributed by atoms with van der Waals surface area (Å²) in [6.45, 7) is 6.29. The summed E-state index contributed by atoms with van der Waals surface area (Å²) in [4.78, 5) is 6.55. The lowest BCUT2D eigenvalue weighted by atomic mass is 9.79. The first-order valence-corrected chi connectivity index (χ1v) is 10.4. The largest absolute Gasteiger partial charge is 0.379 e. The summed E-state index contributed by atoms with van der Waals surface area (Å²) >= 11 is 0. The topological polar surface area (TPSA) is 62.7 Å². The van der Waals surface area contributed by atoms with Gasteiger partial charge in [-0.3, -0.25) is 4.98 Å². The second kappa shape index (κ2) is 7.37. The van der Waals surface area contributed by atoms with Gasteiger partial charge in [-0.05, 0) is 31.4 Å². The number of rotatable bonds is 4. The highest BCUT2D eigenvalue weighted by molar-refractivity contribution is 7.89. The summed E-state index contributed by atoms with van der Waals surface area (Å²) in [7, 11) is -3.09. The fraction of sp³-hybridized carbons (Fsp3) is 0.706. The van der Waals surface area contributed by atoms with Gasteiger partial charge in [0.1, 0.15) is 0 Å². The van der Waals surface area contributed by atoms with E-state index in [2.05, 4.69) is 16.0 Å². The Bertz CT molecular complexity index is 628. The average molecular weight is 353 g/mol. The fourth-order valence-electron chi connectivity index (χ4n) is 3.68. The molecule has 1 spiro atoms. The first-order chi connectivity index (χ1) is 11.5. The molecule has 0 amide bonds. The Labute approximate surface area is 144 Å². The van der Waals surface area contributed by atoms with Crippen molar-refractivity contribution in [2.75, 3.05) is 50.0 Å². The van der Waals surface area contributed by atoms with E-state index in [9.17, 15) is 8.42 Å². The van der Waals surface area contributed by atoms with Crippen molar-refractivity contribution in [1.29, 1.82) is 0 Å². The minimum atomic E-state index is -3.09. The number of pyridine rings is 1. The number of hydrogen-bond acceptors (Lipinski definition) is 5. The van der Waals surface area contributed by atoms with Crippen LogP contribution < -0.4 is 4.90 Å². The minimum Gasteiger partial charge on any atom is -0.379 e. The van der Waals surface area contributed by atoms with Gasteiger partial charge in [0.15, 0.2) is 0 Å². The molecule has 2 aliphatic heterocycles. The third kappa shape index (κ3) is 3.90. The van der Waals surface area contributed by atoms with Crippen molar-refractivity contribution < 1.29 is 13.2 Å². The fourth-order valence-corrected chi connectivity index (χ4v) is 5.20. The third-order valence-corrected chi connectivity index (χ3v) is 7.17. The minimum absolute atomic E-state index is 0.0323. The van der Waals surface area contributed by atoms with Crippen molar-refractivity contribution in [2.45, 2.75) is 26.2 Å². The van der Waals surface area contributed by atoms with Crippen LogP contribution in [0.4, 0.5) is 5.69 Å². The molecule has 0 saturated carbocycles. The van der Waals surface area contributed by atoms with Gasteiger partial charge in [0.25, 0.3) is 0 Å². The van der Waals surface area contributed by atoms with Crippen LogP contribution in [0.3, 0.4) is 0 Å². The number of aromatic nitrogens is 1. The van der Waals surface area contributed by atoms with Crippen LogP contribution in [0.2, 0.25) is 0 Å². The predicted octanol–water partition coefficient (Wildman–Crippen LogP) is 1.74. The summed E-state index contributed by atoms with van der Waals surface area (Å²) in [6, 6.07) is 4.03. The zero-order chi connectivity index (χ0) is 17.0. The highest BCUT2D eigenvalue weighted by Crippen LogP contribution is 2.36. The maximum absolute atomic E-state index is 12.3. The molecule has 2 fully saturated rings. The summed E-state index contributed by atoms with van der Waals surface area (Å²) < 4.78 is 32.1. The molecule has 0 bridgehead atoms. The van der Waals surface area contributed by atoms with E-state index >= 15 is 0 Å². The van der Waals surface area contributed by atoms with Crippen LogP contribution in [-0.2, 0) is 14.8 Å². The monoisotopic (exact) mass is 353 g/mol. The van der Waals surface area contributed by atoms with Gasteiger partial charge in [0.2, 0.25) is 10.0 Å². The molecular weight excluding hydrogens is 326 g/mol. The molecule has 1 aromatic heterocycles. The van der Waals surface area contributed by atoms with Gasteiger partial charge < -0.3 is 9.64 Å². The van der Waals surface area contributed by atoms with E-state index in [1.807, 2.05) is 19.2 Å². The van der Waals surface area contributed by atoms with Crippen LogP contribution in [0.15, 0.2) is 24.5 Å². The standard InChI is InChI=1S/C17H27N3O3S/c1-2-12-24(21,22)20-8-5-17(6-9-20)14-19(10-11-23-15-17)16-4-3-7-18-13-16/h3-4,7,13H,2,5-6,8-12,14-15H2,1H3. The molecule has 0 unspecified atom stereocenters. The Hall–Kier alpha value is -1.18. The van der Waals surface area contributed by atoms with E-state index in [-0.39, 0.29) is 11.2 Å². The first-order valence-electron chi connectivity index (χ1n) is 8.75. The Balaban J connectivity index is 1.70. The lowest BCUT2D eigenvalue weighted by molar-refractivity contribution is 0.0374. The summed E-state index contributed by atoms with van der Waals surface area (Å²) in [6.07, 6.45) is 6.05. The Morgan fingerprint density at radius 2 is 2.08 bits per heavy atom. The number of anilines is 1. The van der Waals surface area contributed by atoms with Gasteiger partial charge in [-0.2, -0.15) is 0 Å². The highest BCUT2D eigenvalue weighted by Gasteiger charge is 2.40. The number of ether oxygens (including phenoxy) is 1. The molecule has 0 N–H and O–H groups in total. The number of piperidine rings is 1. The van der Waals surface area contributed by atoms with Crippen LogP contribution in [-0.4, -0.2) is 62.9 Å². The summed E-state index contributed by atoms with van der Waals surface area (Å²) in [5, 5.41) is 0. The van der Waals surface area contributed by atoms with E-state index in [0.29, 0.717) is 32.7 Å². The van der Waals surface area contributed by atoms with Crippen LogP contribution in [0.25, 0.3) is 0 Å². The molecule has 6 nitrogen and oxygen atoms in total. The molecule has 134 valence electrons. The van der Waals surface area contributed by atoms with E-state index in [0.717, 1.165) is 31.6 Å². The lowest BCUT2D eigenvalue weighted by Gasteiger charge is -2.42. The van der Waals surface area contributed by atoms with Crippen LogP contribution in [0, 0.1) is 5.41 Å². The molecule has 7 heteroatoms. The van der Waals surface area contributed by atoms with Crippen molar-refractivity contribution in [3.05, 3.63) is 24.5 Å². The number of nitrogens with zero attached hydrogens (tertiary/aromatic N) is 3. The van der Waals surface area contributed by atoms with Crippen molar-refractivity contribution >= 4 is 15.7 Å². The number of hydrogen-bond donors (Lipinski definition) is 0. The van der Waals surface area contributed by atoms with Gasteiger partial charge in [-0.1, -0.05) is 6.92 Å². The highest BCUT2D eigenvalue weighted by atomic mass is 32.2. The quantitative estimate of drug-likeness (QED) is 0.825. The molecule has 0 atom stereocenters. The molecule has 2 aliphatic rings. The second-order valence-corrected chi connectivity index (χ2v) is 8.99. The van der Waals surface area contributed by atoms with Gasteiger partial charge in [0, 0.05) is 37.8 Å². The SMILES string of the molecule is CCCS(=O)(=O)N1CCC2(CC1)COCCN(c1cccnc1)C2. The predicted molar refractivity (Wildman–Crippen MR) is 94.6 cm³/mol. The number of sulfonamides is 1. The second-order valence-electron chi connectivity index (χ2n) is 6.90. The van der Waals surface area contributed by atoms with Gasteiger partial charge in [0.05, 0.1) is 30.9 Å². The van der Waals surface area contributed by atoms with Crippen LogP contribution in [0.1, 0.15) is 26.2 Å². The zero-order valence-electron chi connectivity index (χ0n) is 14.4. The molecule has 1 aromatic rings. The van der Waals surface area contributed by atoms with E-state index in [4.69, 9.17) is 4.74 Å². The van der Waals surface area contributed by atoms with E-state index in [1.165, 1.54) is 0 Å². The first kappa shape index (κ1) is 17.6. The molecule has 3 heterocycles.